The van der Waals surface area contributed by atoms with E-state index in [4.69, 9.17) is 0 Å². The van der Waals surface area contributed by atoms with Gasteiger partial charge in [-0.3, -0.25) is 0 Å². The van der Waals surface area contributed by atoms with Crippen molar-refractivity contribution in [1.29, 1.82) is 0 Å². The van der Waals surface area contributed by atoms with Crippen molar-refractivity contribution >= 4 is 34.1 Å². The maximum absolute atomic E-state index is 12.6. The molecule has 0 aliphatic carbocycles. The Hall–Kier alpha value is -1.29. The molecule has 0 spiro atoms. The number of hydrogen-bond donors (Lipinski definition) is 0. The fourth-order valence-corrected chi connectivity index (χ4v) is 2.78. The molecule has 2 rings (SSSR count). The van der Waals surface area contributed by atoms with E-state index < -0.39 is 15.6 Å². The first-order chi connectivity index (χ1) is 10.9. The first-order valence-electron chi connectivity index (χ1n) is 7.13. The summed E-state index contributed by atoms with van der Waals surface area (Å²) in [6.45, 7) is 5.88. The van der Waals surface area contributed by atoms with Crippen LogP contribution in [0.15, 0.2) is 48.5 Å². The van der Waals surface area contributed by atoms with Gasteiger partial charge in [-0.1, -0.05) is 63.2 Å². The zero-order chi connectivity index (χ0) is 18.2. The summed E-state index contributed by atoms with van der Waals surface area (Å²) in [6.07, 6.45) is 0. The van der Waals surface area contributed by atoms with Crippen LogP contribution >= 0.6 is 24.0 Å². The standard InChI is InChI=1S/C17H17F3O3S.HI/c1-16(2,3)14-10-6-4-8-12(14)13-9-5-7-11-15(13)23-24(21,22)17(18,19)20;/h4-11H,1-3H3;1H. The van der Waals surface area contributed by atoms with Crippen LogP contribution < -0.4 is 4.18 Å². The molecule has 0 fully saturated rings. The molecule has 0 aliphatic rings. The third-order valence-corrected chi connectivity index (χ3v) is 4.36. The number of alkyl halides is 3. The number of hydrogen-bond acceptors (Lipinski definition) is 3. The monoisotopic (exact) mass is 486 g/mol. The van der Waals surface area contributed by atoms with Crippen LogP contribution in [0.5, 0.6) is 5.75 Å². The van der Waals surface area contributed by atoms with E-state index in [-0.39, 0.29) is 40.7 Å². The molecule has 0 saturated carbocycles. The summed E-state index contributed by atoms with van der Waals surface area (Å²) >= 11 is 0. The minimum atomic E-state index is -5.73. The maximum atomic E-state index is 12.6. The smallest absolute Gasteiger partial charge is 0.375 e. The molecule has 2 aromatic carbocycles. The van der Waals surface area contributed by atoms with Crippen LogP contribution in [0.25, 0.3) is 11.1 Å². The van der Waals surface area contributed by atoms with Crippen molar-refractivity contribution in [2.45, 2.75) is 31.7 Å². The molecule has 0 bridgehead atoms. The molecule has 0 unspecified atom stereocenters. The zero-order valence-electron chi connectivity index (χ0n) is 13.8. The molecular weight excluding hydrogens is 468 g/mol. The Kier molecular flexibility index (Phi) is 6.55. The Labute approximate surface area is 162 Å². The van der Waals surface area contributed by atoms with Gasteiger partial charge in [-0.05, 0) is 22.6 Å². The summed E-state index contributed by atoms with van der Waals surface area (Å²) in [5.74, 6) is -0.355. The van der Waals surface area contributed by atoms with Crippen LogP contribution in [0, 0.1) is 0 Å². The lowest BCUT2D eigenvalue weighted by Gasteiger charge is -2.24. The molecule has 0 amide bonds. The lowest BCUT2D eigenvalue weighted by atomic mass is 9.82. The Morgan fingerprint density at radius 2 is 1.32 bits per heavy atom. The summed E-state index contributed by atoms with van der Waals surface area (Å²) in [7, 11) is -5.73. The minimum Gasteiger partial charge on any atom is -0.375 e. The van der Waals surface area contributed by atoms with Crippen molar-refractivity contribution < 1.29 is 25.8 Å². The summed E-state index contributed by atoms with van der Waals surface area (Å²) in [4.78, 5) is 0. The molecule has 3 nitrogen and oxygen atoms in total. The Morgan fingerprint density at radius 1 is 0.840 bits per heavy atom. The van der Waals surface area contributed by atoms with Gasteiger partial charge in [-0.2, -0.15) is 21.6 Å². The van der Waals surface area contributed by atoms with Crippen molar-refractivity contribution in [3.63, 3.8) is 0 Å². The number of para-hydroxylation sites is 1. The first-order valence-corrected chi connectivity index (χ1v) is 8.54. The van der Waals surface area contributed by atoms with Crippen LogP contribution in [0.2, 0.25) is 0 Å². The number of benzene rings is 2. The van der Waals surface area contributed by atoms with Crippen LogP contribution in [0.1, 0.15) is 26.3 Å². The third kappa shape index (κ3) is 4.87. The molecule has 0 atom stereocenters. The summed E-state index contributed by atoms with van der Waals surface area (Å²) < 4.78 is 64.9. The van der Waals surface area contributed by atoms with E-state index in [9.17, 15) is 21.6 Å². The normalized spacial score (nSPS) is 12.4. The molecule has 0 radical (unpaired) electrons. The molecule has 0 saturated heterocycles. The molecule has 0 N–H and O–H groups in total. The molecule has 25 heavy (non-hydrogen) atoms. The van der Waals surface area contributed by atoms with Crippen LogP contribution in [-0.4, -0.2) is 13.9 Å². The van der Waals surface area contributed by atoms with Crippen molar-refractivity contribution in [2.75, 3.05) is 0 Å². The van der Waals surface area contributed by atoms with Gasteiger partial charge in [0.25, 0.3) is 0 Å². The van der Waals surface area contributed by atoms with Gasteiger partial charge in [-0.15, -0.1) is 24.0 Å². The first kappa shape index (κ1) is 21.8. The highest BCUT2D eigenvalue weighted by Crippen LogP contribution is 2.39. The lowest BCUT2D eigenvalue weighted by Crippen LogP contribution is -2.28. The highest BCUT2D eigenvalue weighted by Gasteiger charge is 2.48. The van der Waals surface area contributed by atoms with Crippen LogP contribution in [0.4, 0.5) is 13.2 Å². The zero-order valence-corrected chi connectivity index (χ0v) is 16.9. The highest BCUT2D eigenvalue weighted by atomic mass is 127. The van der Waals surface area contributed by atoms with Gasteiger partial charge in [-0.25, -0.2) is 0 Å². The molecule has 138 valence electrons. The molecule has 8 heteroatoms. The van der Waals surface area contributed by atoms with Gasteiger partial charge >= 0.3 is 15.6 Å². The Morgan fingerprint density at radius 3 is 1.84 bits per heavy atom. The van der Waals surface area contributed by atoms with Gasteiger partial charge in [0.2, 0.25) is 0 Å². The quantitative estimate of drug-likeness (QED) is 0.327. The van der Waals surface area contributed by atoms with Crippen LogP contribution in [0.3, 0.4) is 0 Å². The van der Waals surface area contributed by atoms with E-state index in [1.165, 1.54) is 18.2 Å². The lowest BCUT2D eigenvalue weighted by molar-refractivity contribution is -0.0499. The predicted octanol–water partition coefficient (Wildman–Crippen LogP) is 5.50. The number of halogens is 4. The van der Waals surface area contributed by atoms with Crippen molar-refractivity contribution in [3.05, 3.63) is 54.1 Å². The maximum Gasteiger partial charge on any atom is 0.534 e. The van der Waals surface area contributed by atoms with E-state index in [2.05, 4.69) is 4.18 Å². The molecule has 2 aromatic rings. The Balaban J connectivity index is 0.00000312. The average Bonchev–Trinajstić information content (AvgIpc) is 2.45. The largest absolute Gasteiger partial charge is 0.534 e. The van der Waals surface area contributed by atoms with E-state index >= 15 is 0 Å². The van der Waals surface area contributed by atoms with E-state index in [0.29, 0.717) is 5.56 Å². The van der Waals surface area contributed by atoms with Crippen molar-refractivity contribution in [2.24, 2.45) is 0 Å². The highest BCUT2D eigenvalue weighted by molar-refractivity contribution is 14.0. The van der Waals surface area contributed by atoms with Gasteiger partial charge in [0.05, 0.1) is 0 Å². The molecule has 0 heterocycles. The van der Waals surface area contributed by atoms with Gasteiger partial charge in [0.15, 0.2) is 5.75 Å². The van der Waals surface area contributed by atoms with E-state index in [0.717, 1.165) is 5.56 Å². The fourth-order valence-electron chi connectivity index (χ4n) is 2.30. The SMILES string of the molecule is CC(C)(C)c1ccccc1-c1ccccc1OS(=O)(=O)C(F)(F)F.I. The topological polar surface area (TPSA) is 43.4 Å². The van der Waals surface area contributed by atoms with Gasteiger partial charge < -0.3 is 4.18 Å². The van der Waals surface area contributed by atoms with Gasteiger partial charge in [0.1, 0.15) is 0 Å². The average molecular weight is 486 g/mol. The minimum absolute atomic E-state index is 0. The second-order valence-corrected chi connectivity index (χ2v) is 7.81. The summed E-state index contributed by atoms with van der Waals surface area (Å²) in [5, 5.41) is 0. The third-order valence-electron chi connectivity index (χ3n) is 3.40. The van der Waals surface area contributed by atoms with E-state index in [1.807, 2.05) is 32.9 Å². The Bertz CT molecular complexity index is 841. The number of rotatable bonds is 3. The second-order valence-electron chi connectivity index (χ2n) is 6.27. The van der Waals surface area contributed by atoms with Crippen molar-refractivity contribution in [3.8, 4) is 16.9 Å². The van der Waals surface area contributed by atoms with Crippen LogP contribution in [-0.2, 0) is 15.5 Å². The molecule has 0 aromatic heterocycles. The second kappa shape index (κ2) is 7.53. The predicted molar refractivity (Wildman–Crippen MR) is 102 cm³/mol. The molecule has 0 aliphatic heterocycles. The van der Waals surface area contributed by atoms with E-state index in [1.54, 1.807) is 18.2 Å². The fraction of sp³-hybridized carbons (Fsp3) is 0.294. The van der Waals surface area contributed by atoms with Gasteiger partial charge in [0, 0.05) is 5.56 Å². The summed E-state index contributed by atoms with van der Waals surface area (Å²) in [6, 6.07) is 12.9. The molecular formula is C17H18F3IO3S. The van der Waals surface area contributed by atoms with Crippen molar-refractivity contribution in [1.82, 2.24) is 0 Å². The summed E-state index contributed by atoms with van der Waals surface area (Å²) in [5.41, 5.74) is -3.99.